The predicted octanol–water partition coefficient (Wildman–Crippen LogP) is 9.57. The van der Waals surface area contributed by atoms with Gasteiger partial charge in [0.2, 0.25) is 12.3 Å². The van der Waals surface area contributed by atoms with Crippen molar-refractivity contribution >= 4 is 35.2 Å². The Morgan fingerprint density at radius 3 is 2.19 bits per heavy atom. The molecule has 0 aliphatic rings. The third kappa shape index (κ3) is 17.7. The summed E-state index contributed by atoms with van der Waals surface area (Å²) in [5.74, 6) is -0.621. The lowest BCUT2D eigenvalue weighted by molar-refractivity contribution is -0.141. The lowest BCUT2D eigenvalue weighted by Gasteiger charge is -2.15. The highest BCUT2D eigenvalue weighted by Gasteiger charge is 2.20. The van der Waals surface area contributed by atoms with Gasteiger partial charge in [0.1, 0.15) is 18.4 Å². The monoisotopic (exact) mass is 703 g/mol. The van der Waals surface area contributed by atoms with Crippen LogP contribution in [0.5, 0.6) is 5.75 Å². The van der Waals surface area contributed by atoms with Crippen LogP contribution in [0.1, 0.15) is 37.3 Å². The normalized spacial score (nSPS) is 11.2. The molecule has 10 heteroatoms. The summed E-state index contributed by atoms with van der Waals surface area (Å²) in [6, 6.07) is 22.5. The van der Waals surface area contributed by atoms with E-state index in [2.05, 4.69) is 48.0 Å². The first-order chi connectivity index (χ1) is 23.2. The van der Waals surface area contributed by atoms with Crippen LogP contribution in [0.3, 0.4) is 0 Å². The number of amides is 1. The molecule has 0 saturated heterocycles. The molecule has 48 heavy (non-hydrogen) atoms. The maximum Gasteiger partial charge on any atom is 0.326 e. The molecule has 0 aliphatic carbocycles. The molecule has 1 amide bonds. The van der Waals surface area contributed by atoms with E-state index in [1.165, 1.54) is 24.2 Å². The van der Waals surface area contributed by atoms with Crippen molar-refractivity contribution in [2.45, 2.75) is 56.9 Å². The van der Waals surface area contributed by atoms with Crippen LogP contribution in [-0.2, 0) is 16.0 Å². The Labute approximate surface area is 292 Å². The lowest BCUT2D eigenvalue weighted by atomic mass is 10.0. The fourth-order valence-corrected chi connectivity index (χ4v) is 5.01. The van der Waals surface area contributed by atoms with Crippen LogP contribution in [0.15, 0.2) is 101 Å². The second kappa shape index (κ2) is 26.9. The number of nitrogens with one attached hydrogen (secondary N) is 1. The molecule has 3 aromatic carbocycles. The van der Waals surface area contributed by atoms with Gasteiger partial charge in [0.25, 0.3) is 0 Å². The summed E-state index contributed by atoms with van der Waals surface area (Å²) >= 11 is 6.03. The van der Waals surface area contributed by atoms with Gasteiger partial charge in [0.15, 0.2) is 0 Å². The van der Waals surface area contributed by atoms with Crippen molar-refractivity contribution in [2.75, 3.05) is 25.9 Å². The number of allylic oxidation sites excluding steroid dienone is 3. The molecule has 0 heterocycles. The number of carboxylic acids is 1. The van der Waals surface area contributed by atoms with Gasteiger partial charge in [0.05, 0.1) is 12.9 Å². The Morgan fingerprint density at radius 1 is 0.979 bits per heavy atom. The topological polar surface area (TPSA) is 75.6 Å². The average molecular weight is 704 g/mol. The number of alkyl halides is 4. The van der Waals surface area contributed by atoms with Crippen molar-refractivity contribution in [3.63, 3.8) is 0 Å². The zero-order valence-corrected chi connectivity index (χ0v) is 29.4. The van der Waals surface area contributed by atoms with Gasteiger partial charge in [-0.15, -0.1) is 36.2 Å². The largest absolute Gasteiger partial charge is 0.489 e. The highest BCUT2D eigenvalue weighted by atomic mass is 35.5. The molecular formula is C38H45ClF3NO4S. The standard InChI is InChI=1S/C34H37F2NO4S.C2H2.CH3Cl.CH3F/c1-3-25(9-7-8-12-32(35)36)22-41-29-17-13-26(14-18-29)15-19-30(34(39)40)37-33(38)23-42-31-20-16-28(21-24(31)2)27-10-5-4-6-11-27;3*1-2/h3-8,10-11,13-14,16-18,20-21,30,32H,9,12,15,19,22-23H2,1-2H3,(H,37,38)(H,39,40);1-2H;2*1H3/b8-7-,25-3+;;;. The predicted molar refractivity (Wildman–Crippen MR) is 194 cm³/mol. The fourth-order valence-electron chi connectivity index (χ4n) is 4.19. The van der Waals surface area contributed by atoms with E-state index in [-0.39, 0.29) is 24.5 Å². The van der Waals surface area contributed by atoms with Crippen LogP contribution in [-0.4, -0.2) is 55.4 Å². The van der Waals surface area contributed by atoms with Crippen LogP contribution >= 0.6 is 23.4 Å². The summed E-state index contributed by atoms with van der Waals surface area (Å²) in [6.07, 6.45) is 13.2. The molecule has 0 bridgehead atoms. The number of thioether (sulfide) groups is 1. The molecule has 1 unspecified atom stereocenters. The third-order valence-electron chi connectivity index (χ3n) is 6.61. The first-order valence-electron chi connectivity index (χ1n) is 14.9. The van der Waals surface area contributed by atoms with Crippen molar-refractivity contribution in [1.82, 2.24) is 5.32 Å². The average Bonchev–Trinajstić information content (AvgIpc) is 3.12. The van der Waals surface area contributed by atoms with Gasteiger partial charge in [-0.3, -0.25) is 9.18 Å². The minimum atomic E-state index is -2.34. The quantitative estimate of drug-likeness (QED) is 0.0673. The van der Waals surface area contributed by atoms with Crippen LogP contribution in [0.2, 0.25) is 0 Å². The Hall–Kier alpha value is -4.13. The molecule has 0 saturated carbocycles. The zero-order chi connectivity index (χ0) is 36.3. The van der Waals surface area contributed by atoms with Gasteiger partial charge in [-0.25, -0.2) is 13.6 Å². The molecule has 3 rings (SSSR count). The minimum Gasteiger partial charge on any atom is -0.489 e. The van der Waals surface area contributed by atoms with Crippen molar-refractivity contribution in [3.05, 3.63) is 108 Å². The molecular weight excluding hydrogens is 659 g/mol. The second-order valence-electron chi connectivity index (χ2n) is 9.81. The summed E-state index contributed by atoms with van der Waals surface area (Å²) in [5, 5.41) is 12.3. The minimum absolute atomic E-state index is 0.123. The lowest BCUT2D eigenvalue weighted by Crippen LogP contribution is -2.42. The van der Waals surface area contributed by atoms with Gasteiger partial charge < -0.3 is 15.2 Å². The molecule has 0 spiro atoms. The number of terminal acetylenes is 1. The number of hydrogen-bond acceptors (Lipinski definition) is 4. The van der Waals surface area contributed by atoms with E-state index >= 15 is 0 Å². The van der Waals surface area contributed by atoms with Crippen molar-refractivity contribution < 1.29 is 32.6 Å². The Balaban J connectivity index is 0.00000348. The molecule has 3 aromatic rings. The summed E-state index contributed by atoms with van der Waals surface area (Å²) in [6.45, 7) is 4.22. The summed E-state index contributed by atoms with van der Waals surface area (Å²) in [4.78, 5) is 25.4. The Kier molecular flexibility index (Phi) is 24.6. The zero-order valence-electron chi connectivity index (χ0n) is 27.8. The van der Waals surface area contributed by atoms with Crippen LogP contribution in [0.4, 0.5) is 13.2 Å². The highest BCUT2D eigenvalue weighted by molar-refractivity contribution is 8.00. The Bertz CT molecular complexity index is 1410. The molecule has 1 atom stereocenters. The summed E-state index contributed by atoms with van der Waals surface area (Å²) in [5.41, 5.74) is 5.18. The molecule has 0 radical (unpaired) electrons. The number of ether oxygens (including phenoxy) is 1. The smallest absolute Gasteiger partial charge is 0.326 e. The van der Waals surface area contributed by atoms with E-state index in [0.717, 1.165) is 32.7 Å². The van der Waals surface area contributed by atoms with Gasteiger partial charge in [-0.05, 0) is 79.1 Å². The van der Waals surface area contributed by atoms with Crippen LogP contribution in [0, 0.1) is 19.8 Å². The highest BCUT2D eigenvalue weighted by Crippen LogP contribution is 2.28. The maximum atomic E-state index is 12.6. The van der Waals surface area contributed by atoms with Gasteiger partial charge in [-0.1, -0.05) is 72.8 Å². The Morgan fingerprint density at radius 2 is 1.62 bits per heavy atom. The maximum absolute atomic E-state index is 12.6. The van der Waals surface area contributed by atoms with E-state index in [4.69, 9.17) is 4.74 Å². The molecule has 0 aromatic heterocycles. The fraction of sp³-hybridized carbons (Fsp3) is 0.316. The first-order valence-corrected chi connectivity index (χ1v) is 16.7. The van der Waals surface area contributed by atoms with Gasteiger partial charge in [-0.2, -0.15) is 0 Å². The number of halogens is 4. The number of benzene rings is 3. The van der Waals surface area contributed by atoms with E-state index in [0.29, 0.717) is 32.4 Å². The number of carbonyl (C=O) groups is 2. The number of carboxylic acid groups (broad SMARTS) is 1. The second-order valence-corrected chi connectivity index (χ2v) is 10.8. The molecule has 0 fully saturated rings. The van der Waals surface area contributed by atoms with Gasteiger partial charge in [0, 0.05) is 17.7 Å². The number of aliphatic carboxylic acids is 1. The third-order valence-corrected chi connectivity index (χ3v) is 7.79. The SMILES string of the molecule is C#C.C/C=C(\C/C=C\CC(F)F)COc1ccc(CCC(NC(=O)CSc2ccc(-c3ccccc3)cc2C)C(=O)O)cc1.CCl.CF. The number of aryl methyl sites for hydroxylation is 2. The van der Waals surface area contributed by atoms with Crippen molar-refractivity contribution in [1.29, 1.82) is 0 Å². The van der Waals surface area contributed by atoms with E-state index in [1.54, 1.807) is 6.08 Å². The van der Waals surface area contributed by atoms with Gasteiger partial charge >= 0.3 is 5.97 Å². The molecule has 2 N–H and O–H groups in total. The summed E-state index contributed by atoms with van der Waals surface area (Å²) < 4.78 is 39.8. The molecule has 260 valence electrons. The van der Waals surface area contributed by atoms with Crippen molar-refractivity contribution in [2.24, 2.45) is 0 Å². The number of hydrogen-bond donors (Lipinski definition) is 2. The van der Waals surface area contributed by atoms with Crippen LogP contribution in [0.25, 0.3) is 11.1 Å². The number of rotatable bonds is 16. The number of carbonyl (C=O) groups excluding carboxylic acids is 1. The summed E-state index contributed by atoms with van der Waals surface area (Å²) in [7, 11) is 0.500. The van der Waals surface area contributed by atoms with Crippen LogP contribution < -0.4 is 10.1 Å². The molecule has 0 aliphatic heterocycles. The molecule has 5 nitrogen and oxygen atoms in total. The first kappa shape index (κ1) is 43.9. The van der Waals surface area contributed by atoms with E-state index in [9.17, 15) is 27.9 Å². The van der Waals surface area contributed by atoms with E-state index < -0.39 is 18.4 Å². The van der Waals surface area contributed by atoms with E-state index in [1.807, 2.05) is 74.5 Å². The van der Waals surface area contributed by atoms with Crippen molar-refractivity contribution in [3.8, 4) is 29.7 Å².